The number of nitrogen functional groups attached to an aromatic ring is 1. The van der Waals surface area contributed by atoms with Gasteiger partial charge in [0.05, 0.1) is 10.2 Å². The number of carbonyl (C=O) groups excluding carboxylic acids is 1. The SMILES string of the molecule is Nc1ccc2nc(NC(=O)Nc3cccc(Cl)c3)sc2c1. The molecular formula is C14H11ClN4OS. The van der Waals surface area contributed by atoms with Gasteiger partial charge in [-0.1, -0.05) is 29.0 Å². The van der Waals surface area contributed by atoms with Crippen LogP contribution >= 0.6 is 22.9 Å². The van der Waals surface area contributed by atoms with E-state index in [1.54, 1.807) is 30.3 Å². The average molecular weight is 319 g/mol. The summed E-state index contributed by atoms with van der Waals surface area (Å²) in [5, 5.41) is 6.45. The third kappa shape index (κ3) is 3.24. The highest BCUT2D eigenvalue weighted by atomic mass is 35.5. The van der Waals surface area contributed by atoms with Gasteiger partial charge < -0.3 is 11.1 Å². The molecule has 5 nitrogen and oxygen atoms in total. The zero-order chi connectivity index (χ0) is 14.8. The first-order chi connectivity index (χ1) is 10.1. The van der Waals surface area contributed by atoms with Gasteiger partial charge in [-0.15, -0.1) is 0 Å². The fourth-order valence-electron chi connectivity index (χ4n) is 1.82. The molecule has 7 heteroatoms. The quantitative estimate of drug-likeness (QED) is 0.620. The van der Waals surface area contributed by atoms with E-state index in [1.807, 2.05) is 12.1 Å². The number of amides is 2. The molecule has 4 N–H and O–H groups in total. The van der Waals surface area contributed by atoms with E-state index in [-0.39, 0.29) is 6.03 Å². The van der Waals surface area contributed by atoms with Crippen LogP contribution < -0.4 is 16.4 Å². The number of nitrogens with zero attached hydrogens (tertiary/aromatic N) is 1. The molecule has 3 aromatic rings. The van der Waals surface area contributed by atoms with Gasteiger partial charge in [0.15, 0.2) is 5.13 Å². The zero-order valence-electron chi connectivity index (χ0n) is 10.8. The van der Waals surface area contributed by atoms with E-state index >= 15 is 0 Å². The number of urea groups is 1. The third-order valence-corrected chi connectivity index (χ3v) is 3.88. The molecule has 21 heavy (non-hydrogen) atoms. The molecule has 0 unspecified atom stereocenters. The van der Waals surface area contributed by atoms with Gasteiger partial charge in [-0.3, -0.25) is 5.32 Å². The van der Waals surface area contributed by atoms with Crippen LogP contribution in [0.2, 0.25) is 5.02 Å². The summed E-state index contributed by atoms with van der Waals surface area (Å²) in [5.41, 5.74) is 7.80. The van der Waals surface area contributed by atoms with Crippen molar-refractivity contribution in [2.24, 2.45) is 0 Å². The highest BCUT2D eigenvalue weighted by molar-refractivity contribution is 7.22. The number of anilines is 3. The minimum Gasteiger partial charge on any atom is -0.399 e. The first-order valence-electron chi connectivity index (χ1n) is 6.10. The van der Waals surface area contributed by atoms with Crippen LogP contribution in [0.25, 0.3) is 10.2 Å². The maximum atomic E-state index is 11.9. The molecular weight excluding hydrogens is 308 g/mol. The van der Waals surface area contributed by atoms with Crippen molar-refractivity contribution in [2.45, 2.75) is 0 Å². The Balaban J connectivity index is 1.74. The van der Waals surface area contributed by atoms with Gasteiger partial charge in [-0.05, 0) is 36.4 Å². The van der Waals surface area contributed by atoms with Crippen LogP contribution in [-0.2, 0) is 0 Å². The Kier molecular flexibility index (Phi) is 3.64. The van der Waals surface area contributed by atoms with Crippen LogP contribution in [0.3, 0.4) is 0 Å². The summed E-state index contributed by atoms with van der Waals surface area (Å²) >= 11 is 7.23. The summed E-state index contributed by atoms with van der Waals surface area (Å²) in [6, 6.07) is 12.0. The summed E-state index contributed by atoms with van der Waals surface area (Å²) in [6.07, 6.45) is 0. The molecule has 0 aliphatic carbocycles. The van der Waals surface area contributed by atoms with E-state index in [0.717, 1.165) is 10.2 Å². The van der Waals surface area contributed by atoms with Gasteiger partial charge in [-0.25, -0.2) is 9.78 Å². The van der Waals surface area contributed by atoms with Crippen LogP contribution in [0.5, 0.6) is 0 Å². The highest BCUT2D eigenvalue weighted by Gasteiger charge is 2.08. The molecule has 0 aliphatic heterocycles. The normalized spacial score (nSPS) is 10.5. The number of carbonyl (C=O) groups is 1. The van der Waals surface area contributed by atoms with Gasteiger partial charge in [0.25, 0.3) is 0 Å². The van der Waals surface area contributed by atoms with Crippen LogP contribution in [0.15, 0.2) is 42.5 Å². The fourth-order valence-corrected chi connectivity index (χ4v) is 2.92. The lowest BCUT2D eigenvalue weighted by Crippen LogP contribution is -2.19. The van der Waals surface area contributed by atoms with E-state index in [2.05, 4.69) is 15.6 Å². The minimum atomic E-state index is -0.371. The van der Waals surface area contributed by atoms with Gasteiger partial charge in [0.2, 0.25) is 0 Å². The standard InChI is InChI=1S/C14H11ClN4OS/c15-8-2-1-3-10(6-8)17-13(20)19-14-18-11-5-4-9(16)7-12(11)21-14/h1-7H,16H2,(H2,17,18,19,20). The Morgan fingerprint density at radius 2 is 2.05 bits per heavy atom. The molecule has 0 bridgehead atoms. The number of thiazole rings is 1. The predicted octanol–water partition coefficient (Wildman–Crippen LogP) is 4.18. The number of fused-ring (bicyclic) bond motifs is 1. The molecule has 1 aromatic heterocycles. The van der Waals surface area contributed by atoms with E-state index in [1.165, 1.54) is 11.3 Å². The van der Waals surface area contributed by atoms with E-state index in [4.69, 9.17) is 17.3 Å². The van der Waals surface area contributed by atoms with Crippen molar-refractivity contribution in [3.8, 4) is 0 Å². The second-order valence-electron chi connectivity index (χ2n) is 4.34. The van der Waals surface area contributed by atoms with E-state index in [0.29, 0.717) is 21.5 Å². The molecule has 0 radical (unpaired) electrons. The first kappa shape index (κ1) is 13.7. The average Bonchev–Trinajstić information content (AvgIpc) is 2.79. The summed E-state index contributed by atoms with van der Waals surface area (Å²) < 4.78 is 0.924. The maximum absolute atomic E-state index is 11.9. The summed E-state index contributed by atoms with van der Waals surface area (Å²) in [5.74, 6) is 0. The molecule has 1 heterocycles. The number of aromatic nitrogens is 1. The number of hydrogen-bond donors (Lipinski definition) is 3. The van der Waals surface area contributed by atoms with Gasteiger partial charge >= 0.3 is 6.03 Å². The molecule has 0 saturated heterocycles. The first-order valence-corrected chi connectivity index (χ1v) is 7.29. The Labute approximate surface area is 129 Å². The number of hydrogen-bond acceptors (Lipinski definition) is 4. The van der Waals surface area contributed by atoms with Crippen molar-refractivity contribution in [3.63, 3.8) is 0 Å². The third-order valence-electron chi connectivity index (χ3n) is 2.72. The van der Waals surface area contributed by atoms with Crippen molar-refractivity contribution in [1.29, 1.82) is 0 Å². The zero-order valence-corrected chi connectivity index (χ0v) is 12.3. The summed E-state index contributed by atoms with van der Waals surface area (Å²) in [7, 11) is 0. The number of rotatable bonds is 2. The Hall–Kier alpha value is -2.31. The number of nitrogens with one attached hydrogen (secondary N) is 2. The smallest absolute Gasteiger partial charge is 0.325 e. The minimum absolute atomic E-state index is 0.371. The van der Waals surface area contributed by atoms with Gasteiger partial charge in [-0.2, -0.15) is 0 Å². The Morgan fingerprint density at radius 3 is 2.86 bits per heavy atom. The van der Waals surface area contributed by atoms with Crippen molar-refractivity contribution < 1.29 is 4.79 Å². The van der Waals surface area contributed by atoms with Crippen molar-refractivity contribution >= 4 is 55.7 Å². The topological polar surface area (TPSA) is 80.0 Å². The van der Waals surface area contributed by atoms with E-state index < -0.39 is 0 Å². The highest BCUT2D eigenvalue weighted by Crippen LogP contribution is 2.27. The Bertz CT molecular complexity index is 818. The molecule has 0 fully saturated rings. The van der Waals surface area contributed by atoms with Crippen molar-refractivity contribution in [3.05, 3.63) is 47.5 Å². The summed E-state index contributed by atoms with van der Waals surface area (Å²) in [6.45, 7) is 0. The van der Waals surface area contributed by atoms with Crippen LogP contribution in [0, 0.1) is 0 Å². The maximum Gasteiger partial charge on any atom is 0.325 e. The number of benzene rings is 2. The molecule has 0 spiro atoms. The molecule has 106 valence electrons. The largest absolute Gasteiger partial charge is 0.399 e. The summed E-state index contributed by atoms with van der Waals surface area (Å²) in [4.78, 5) is 16.2. The van der Waals surface area contributed by atoms with Gasteiger partial charge in [0, 0.05) is 16.4 Å². The van der Waals surface area contributed by atoms with E-state index in [9.17, 15) is 4.79 Å². The molecule has 0 saturated carbocycles. The number of halogens is 1. The van der Waals surface area contributed by atoms with Crippen LogP contribution in [0.1, 0.15) is 0 Å². The lowest BCUT2D eigenvalue weighted by molar-refractivity contribution is 0.262. The lowest BCUT2D eigenvalue weighted by atomic mass is 10.3. The lowest BCUT2D eigenvalue weighted by Gasteiger charge is -2.05. The van der Waals surface area contributed by atoms with Gasteiger partial charge in [0.1, 0.15) is 0 Å². The van der Waals surface area contributed by atoms with Crippen molar-refractivity contribution in [1.82, 2.24) is 4.98 Å². The predicted molar refractivity (Wildman–Crippen MR) is 88.1 cm³/mol. The van der Waals surface area contributed by atoms with Crippen LogP contribution in [0.4, 0.5) is 21.3 Å². The molecule has 2 amide bonds. The monoisotopic (exact) mass is 318 g/mol. The fraction of sp³-hybridized carbons (Fsp3) is 0. The van der Waals surface area contributed by atoms with Crippen LogP contribution in [-0.4, -0.2) is 11.0 Å². The Morgan fingerprint density at radius 1 is 1.19 bits per heavy atom. The second-order valence-corrected chi connectivity index (χ2v) is 5.80. The molecule has 3 rings (SSSR count). The molecule has 0 aliphatic rings. The molecule has 0 atom stereocenters. The molecule has 2 aromatic carbocycles. The second kappa shape index (κ2) is 5.59. The number of nitrogens with two attached hydrogens (primary N) is 1. The van der Waals surface area contributed by atoms with Crippen molar-refractivity contribution in [2.75, 3.05) is 16.4 Å².